The van der Waals surface area contributed by atoms with E-state index in [4.69, 9.17) is 18.8 Å². The molecule has 0 aliphatic heterocycles. The van der Waals surface area contributed by atoms with E-state index < -0.39 is 15.6 Å². The van der Waals surface area contributed by atoms with Gasteiger partial charge in [0.05, 0.1) is 0 Å². The zero-order valence-electron chi connectivity index (χ0n) is 15.9. The first-order valence-electron chi connectivity index (χ1n) is 8.59. The summed E-state index contributed by atoms with van der Waals surface area (Å²) in [6.45, 7) is 1.56. The Morgan fingerprint density at radius 1 is 0.700 bits per heavy atom. The molecule has 8 nitrogen and oxygen atoms in total. The molecule has 0 heterocycles. The summed E-state index contributed by atoms with van der Waals surface area (Å²) >= 11 is 0. The number of carbonyl (C=O) groups excluding carboxylic acids is 1. The van der Waals surface area contributed by atoms with Gasteiger partial charge in [0.2, 0.25) is 0 Å². The molecule has 3 rings (SSSR count). The SMILES string of the molecule is CC(=O)c1ccccc1.O=P(O)(O)OP(=O)(Oc1ccccc1)Oc1ccccc1. The molecule has 3 aromatic carbocycles. The highest BCUT2D eigenvalue weighted by molar-refractivity contribution is 7.61. The van der Waals surface area contributed by atoms with Crippen molar-refractivity contribution in [3.8, 4) is 11.5 Å². The highest BCUT2D eigenvalue weighted by Gasteiger charge is 2.39. The Morgan fingerprint density at radius 2 is 1.07 bits per heavy atom. The number of phosphoric ester groups is 1. The van der Waals surface area contributed by atoms with Gasteiger partial charge in [-0.15, -0.1) is 0 Å². The second-order valence-corrected chi connectivity index (χ2v) is 8.64. The Hall–Kier alpha value is -2.73. The maximum atomic E-state index is 12.4. The smallest absolute Gasteiger partial charge is 0.395 e. The Labute approximate surface area is 173 Å². The number of rotatable bonds is 7. The molecule has 0 unspecified atom stereocenters. The highest BCUT2D eigenvalue weighted by Crippen LogP contribution is 2.60. The molecule has 0 fully saturated rings. The number of para-hydroxylation sites is 2. The summed E-state index contributed by atoms with van der Waals surface area (Å²) in [5.41, 5.74) is 0.775. The molecule has 0 saturated carbocycles. The molecule has 0 radical (unpaired) electrons. The molecule has 0 amide bonds. The van der Waals surface area contributed by atoms with Gasteiger partial charge in [0, 0.05) is 5.56 Å². The van der Waals surface area contributed by atoms with E-state index in [9.17, 15) is 13.9 Å². The molecule has 0 atom stereocenters. The van der Waals surface area contributed by atoms with Crippen LogP contribution < -0.4 is 9.05 Å². The second-order valence-electron chi connectivity index (χ2n) is 5.75. The van der Waals surface area contributed by atoms with Crippen molar-refractivity contribution in [1.82, 2.24) is 0 Å². The third-order valence-corrected chi connectivity index (χ3v) is 5.83. The van der Waals surface area contributed by atoms with E-state index in [0.29, 0.717) is 0 Å². The number of carbonyl (C=O) groups is 1. The molecule has 0 bridgehead atoms. The van der Waals surface area contributed by atoms with Gasteiger partial charge in [-0.05, 0) is 31.2 Å². The van der Waals surface area contributed by atoms with Gasteiger partial charge in [0.15, 0.2) is 5.78 Å². The van der Waals surface area contributed by atoms with Gasteiger partial charge in [-0.3, -0.25) is 4.79 Å². The quantitative estimate of drug-likeness (QED) is 0.370. The van der Waals surface area contributed by atoms with E-state index in [2.05, 4.69) is 4.31 Å². The van der Waals surface area contributed by atoms with E-state index in [1.165, 1.54) is 24.3 Å². The summed E-state index contributed by atoms with van der Waals surface area (Å²) in [6.07, 6.45) is 0. The number of hydrogen-bond donors (Lipinski definition) is 2. The van der Waals surface area contributed by atoms with Gasteiger partial charge in [0.25, 0.3) is 0 Å². The van der Waals surface area contributed by atoms with Crippen molar-refractivity contribution in [3.05, 3.63) is 96.6 Å². The summed E-state index contributed by atoms with van der Waals surface area (Å²) in [6, 6.07) is 24.8. The molecule has 10 heteroatoms. The average Bonchev–Trinajstić information content (AvgIpc) is 2.69. The van der Waals surface area contributed by atoms with Crippen LogP contribution in [0.5, 0.6) is 11.5 Å². The lowest BCUT2D eigenvalue weighted by Gasteiger charge is -2.18. The van der Waals surface area contributed by atoms with Crippen LogP contribution in [0.15, 0.2) is 91.0 Å². The molecule has 0 aliphatic rings. The van der Waals surface area contributed by atoms with Crippen LogP contribution in [0, 0.1) is 0 Å². The van der Waals surface area contributed by atoms with E-state index in [1.807, 2.05) is 30.3 Å². The maximum absolute atomic E-state index is 12.4. The van der Waals surface area contributed by atoms with E-state index in [1.54, 1.807) is 43.3 Å². The van der Waals surface area contributed by atoms with Crippen LogP contribution in [0.1, 0.15) is 17.3 Å². The number of ketones is 1. The lowest BCUT2D eigenvalue weighted by Crippen LogP contribution is -2.03. The molecular formula is C20H20O8P2. The molecule has 158 valence electrons. The first-order valence-corrected chi connectivity index (χ1v) is 11.6. The summed E-state index contributed by atoms with van der Waals surface area (Å²) in [4.78, 5) is 28.4. The molecule has 3 aromatic rings. The fraction of sp³-hybridized carbons (Fsp3) is 0.0500. The molecule has 0 spiro atoms. The topological polar surface area (TPSA) is 119 Å². The number of phosphoric acid groups is 2. The average molecular weight is 450 g/mol. The lowest BCUT2D eigenvalue weighted by atomic mass is 10.2. The van der Waals surface area contributed by atoms with E-state index in [-0.39, 0.29) is 17.3 Å². The van der Waals surface area contributed by atoms with Gasteiger partial charge >= 0.3 is 15.6 Å². The molecule has 0 aliphatic carbocycles. The van der Waals surface area contributed by atoms with Gasteiger partial charge in [-0.25, -0.2) is 9.13 Å². The Kier molecular flexibility index (Phi) is 8.54. The number of benzene rings is 3. The van der Waals surface area contributed by atoms with Crippen LogP contribution in [0.25, 0.3) is 0 Å². The molecule has 0 aromatic heterocycles. The monoisotopic (exact) mass is 450 g/mol. The van der Waals surface area contributed by atoms with E-state index >= 15 is 0 Å². The lowest BCUT2D eigenvalue weighted by molar-refractivity contribution is 0.101. The van der Waals surface area contributed by atoms with E-state index in [0.717, 1.165) is 5.56 Å². The molecule has 30 heavy (non-hydrogen) atoms. The Balaban J connectivity index is 0.000000297. The van der Waals surface area contributed by atoms with Crippen LogP contribution >= 0.6 is 15.6 Å². The fourth-order valence-corrected chi connectivity index (χ4v) is 4.18. The van der Waals surface area contributed by atoms with Crippen molar-refractivity contribution < 1.29 is 37.1 Å². The zero-order valence-corrected chi connectivity index (χ0v) is 17.7. The van der Waals surface area contributed by atoms with Gasteiger partial charge in [-0.2, -0.15) is 4.31 Å². The minimum absolute atomic E-state index is 0.0882. The predicted molar refractivity (Wildman–Crippen MR) is 111 cm³/mol. The van der Waals surface area contributed by atoms with Crippen molar-refractivity contribution in [2.45, 2.75) is 6.92 Å². The second kappa shape index (κ2) is 10.9. The summed E-state index contributed by atoms with van der Waals surface area (Å²) in [5, 5.41) is 0. The van der Waals surface area contributed by atoms with Crippen LogP contribution in [-0.2, 0) is 13.4 Å². The first kappa shape index (κ1) is 23.5. The first-order chi connectivity index (χ1) is 14.2. The largest absolute Gasteiger partial charge is 0.596 e. The van der Waals surface area contributed by atoms with Crippen molar-refractivity contribution in [1.29, 1.82) is 0 Å². The molecular weight excluding hydrogens is 430 g/mol. The Morgan fingerprint density at radius 3 is 1.37 bits per heavy atom. The normalized spacial score (nSPS) is 11.0. The van der Waals surface area contributed by atoms with Crippen LogP contribution in [-0.4, -0.2) is 15.6 Å². The summed E-state index contributed by atoms with van der Waals surface area (Å²) in [5.74, 6) is 0.297. The highest BCUT2D eigenvalue weighted by atomic mass is 31.3. The fourth-order valence-electron chi connectivity index (χ4n) is 2.08. The van der Waals surface area contributed by atoms with Gasteiger partial charge in [0.1, 0.15) is 11.5 Å². The van der Waals surface area contributed by atoms with Crippen molar-refractivity contribution in [2.75, 3.05) is 0 Å². The third-order valence-electron chi connectivity index (χ3n) is 3.31. The van der Waals surface area contributed by atoms with Crippen LogP contribution in [0.3, 0.4) is 0 Å². The summed E-state index contributed by atoms with van der Waals surface area (Å²) < 4.78 is 37.6. The van der Waals surface area contributed by atoms with Crippen molar-refractivity contribution in [2.24, 2.45) is 0 Å². The Bertz CT molecular complexity index is 975. The minimum atomic E-state index is -5.07. The standard InChI is InChI=1S/C12H12O7P2.C8H8O/c13-20(14,15)19-21(16,17-11-7-3-1-4-8-11)18-12-9-5-2-6-10-12;1-7(9)8-5-3-2-4-6-8/h1-10H,(H2,13,14,15);2-6H,1H3. The number of Topliss-reactive ketones (excluding diaryl/α,β-unsaturated/α-hetero) is 1. The number of hydrogen-bond acceptors (Lipinski definition) is 6. The van der Waals surface area contributed by atoms with Gasteiger partial charge in [-0.1, -0.05) is 66.7 Å². The zero-order chi connectivity index (χ0) is 22.0. The van der Waals surface area contributed by atoms with Gasteiger partial charge < -0.3 is 18.8 Å². The third kappa shape index (κ3) is 8.74. The maximum Gasteiger partial charge on any atom is 0.596 e. The molecule has 2 N–H and O–H groups in total. The van der Waals surface area contributed by atoms with Crippen LogP contribution in [0.2, 0.25) is 0 Å². The van der Waals surface area contributed by atoms with Crippen molar-refractivity contribution in [3.63, 3.8) is 0 Å². The molecule has 0 saturated heterocycles. The van der Waals surface area contributed by atoms with Crippen LogP contribution in [0.4, 0.5) is 0 Å². The summed E-state index contributed by atoms with van der Waals surface area (Å²) in [7, 11) is -9.62. The predicted octanol–water partition coefficient (Wildman–Crippen LogP) is 5.25. The minimum Gasteiger partial charge on any atom is -0.395 e. The van der Waals surface area contributed by atoms with Crippen molar-refractivity contribution >= 4 is 21.4 Å².